The molecule has 5 N–H and O–H groups in total. The van der Waals surface area contributed by atoms with Crippen molar-refractivity contribution >= 4 is 11.9 Å². The maximum atomic E-state index is 11.4. The van der Waals surface area contributed by atoms with Crippen LogP contribution in [0, 0.1) is 0 Å². The molecule has 0 fully saturated rings. The van der Waals surface area contributed by atoms with Gasteiger partial charge in [0.1, 0.15) is 0 Å². The van der Waals surface area contributed by atoms with E-state index in [0.717, 1.165) is 6.07 Å². The Kier molecular flexibility index (Phi) is 5.01. The molecule has 1 amide bonds. The van der Waals surface area contributed by atoms with Gasteiger partial charge in [0.2, 0.25) is 5.91 Å². The van der Waals surface area contributed by atoms with E-state index in [1.54, 1.807) is 0 Å². The number of aliphatic hydroxyl groups is 1. The molecular weight excluding hydrogens is 258 g/mol. The first kappa shape index (κ1) is 14.6. The summed E-state index contributed by atoms with van der Waals surface area (Å²) in [4.78, 5) is 47.8. The molecule has 0 saturated heterocycles. The Morgan fingerprint density at radius 3 is 2.58 bits per heavy atom. The first-order chi connectivity index (χ1) is 8.88. The van der Waals surface area contributed by atoms with Crippen LogP contribution in [-0.2, 0) is 16.0 Å². The molecule has 9 heteroatoms. The zero-order chi connectivity index (χ0) is 14.4. The lowest BCUT2D eigenvalue weighted by molar-refractivity contribution is -0.147. The van der Waals surface area contributed by atoms with Crippen LogP contribution in [0.4, 0.5) is 0 Å². The average molecular weight is 271 g/mol. The summed E-state index contributed by atoms with van der Waals surface area (Å²) in [5, 5.41) is 19.7. The number of aliphatic carboxylic acids is 1. The van der Waals surface area contributed by atoms with Crippen LogP contribution < -0.4 is 16.6 Å². The minimum atomic E-state index is -1.54. The summed E-state index contributed by atoms with van der Waals surface area (Å²) < 4.78 is 0. The molecule has 1 heterocycles. The van der Waals surface area contributed by atoms with E-state index in [0.29, 0.717) is 0 Å². The van der Waals surface area contributed by atoms with E-state index in [9.17, 15) is 19.2 Å². The van der Waals surface area contributed by atoms with Crippen LogP contribution >= 0.6 is 0 Å². The van der Waals surface area contributed by atoms with Crippen LogP contribution in [0.3, 0.4) is 0 Å². The summed E-state index contributed by atoms with van der Waals surface area (Å²) in [5.41, 5.74) is -1.19. The lowest BCUT2D eigenvalue weighted by atomic mass is 10.2. The number of H-pyrrole nitrogens is 2. The van der Waals surface area contributed by atoms with Crippen molar-refractivity contribution in [3.63, 3.8) is 0 Å². The van der Waals surface area contributed by atoms with Gasteiger partial charge >= 0.3 is 11.7 Å². The number of carboxylic acids is 1. The number of aliphatic hydroxyl groups excluding tert-OH is 1. The van der Waals surface area contributed by atoms with Crippen molar-refractivity contribution in [1.82, 2.24) is 15.3 Å². The van der Waals surface area contributed by atoms with Crippen molar-refractivity contribution in [1.29, 1.82) is 0 Å². The Morgan fingerprint density at radius 2 is 2.00 bits per heavy atom. The number of aromatic amines is 2. The van der Waals surface area contributed by atoms with Crippen LogP contribution in [-0.4, -0.2) is 44.7 Å². The predicted octanol–water partition coefficient (Wildman–Crippen LogP) is -2.44. The highest BCUT2D eigenvalue weighted by Crippen LogP contribution is 1.91. The molecule has 0 aliphatic heterocycles. The monoisotopic (exact) mass is 271 g/mol. The quantitative estimate of drug-likeness (QED) is 0.387. The summed E-state index contributed by atoms with van der Waals surface area (Å²) in [7, 11) is 0. The number of hydrogen-bond acceptors (Lipinski definition) is 5. The molecule has 1 aromatic heterocycles. The van der Waals surface area contributed by atoms with Gasteiger partial charge in [-0.2, -0.15) is 0 Å². The SMILES string of the molecule is O=C(Cc1cc(=O)[nH]c(=O)[nH]1)NCCC(O)C(=O)O. The maximum absolute atomic E-state index is 11.4. The molecule has 0 aromatic carbocycles. The first-order valence-corrected chi connectivity index (χ1v) is 5.38. The third-order valence-electron chi connectivity index (χ3n) is 2.19. The van der Waals surface area contributed by atoms with Gasteiger partial charge in [0, 0.05) is 24.7 Å². The molecule has 1 unspecified atom stereocenters. The lowest BCUT2D eigenvalue weighted by Gasteiger charge is -2.07. The fourth-order valence-corrected chi connectivity index (χ4v) is 1.32. The first-order valence-electron chi connectivity index (χ1n) is 5.38. The minimum absolute atomic E-state index is 0.0281. The van der Waals surface area contributed by atoms with Crippen LogP contribution in [0.15, 0.2) is 15.7 Å². The smallest absolute Gasteiger partial charge is 0.332 e. The topological polar surface area (TPSA) is 152 Å². The summed E-state index contributed by atoms with van der Waals surface area (Å²) >= 11 is 0. The van der Waals surface area contributed by atoms with Crippen LogP contribution in [0.5, 0.6) is 0 Å². The number of rotatable bonds is 6. The van der Waals surface area contributed by atoms with Crippen molar-refractivity contribution in [2.45, 2.75) is 18.9 Å². The number of nitrogens with one attached hydrogen (secondary N) is 3. The van der Waals surface area contributed by atoms with Crippen molar-refractivity contribution in [3.05, 3.63) is 32.6 Å². The van der Waals surface area contributed by atoms with Crippen molar-refractivity contribution in [2.75, 3.05) is 6.54 Å². The van der Waals surface area contributed by atoms with Gasteiger partial charge in [0.05, 0.1) is 6.42 Å². The van der Waals surface area contributed by atoms with Crippen LogP contribution in [0.1, 0.15) is 12.1 Å². The summed E-state index contributed by atoms with van der Waals surface area (Å²) in [6, 6.07) is 1.08. The maximum Gasteiger partial charge on any atom is 0.332 e. The Labute approximate surface area is 106 Å². The van der Waals surface area contributed by atoms with E-state index in [-0.39, 0.29) is 25.1 Å². The number of carbonyl (C=O) groups excluding carboxylic acids is 1. The van der Waals surface area contributed by atoms with Crippen molar-refractivity contribution < 1.29 is 19.8 Å². The standard InChI is InChI=1S/C10H13N3O6/c14-6(9(17)18)1-2-11-7(15)3-5-4-8(16)13-10(19)12-5/h4,6,14H,1-3H2,(H,11,15)(H,17,18)(H2,12,13,16,19). The van der Waals surface area contributed by atoms with E-state index in [1.165, 1.54) is 0 Å². The molecule has 0 radical (unpaired) electrons. The number of amides is 1. The molecule has 1 atom stereocenters. The van der Waals surface area contributed by atoms with Gasteiger partial charge in [-0.25, -0.2) is 9.59 Å². The highest BCUT2D eigenvalue weighted by Gasteiger charge is 2.13. The molecule has 0 spiro atoms. The summed E-state index contributed by atoms with van der Waals surface area (Å²) in [6.07, 6.45) is -1.89. The second-order valence-corrected chi connectivity index (χ2v) is 3.78. The Bertz CT molecular complexity index is 547. The second kappa shape index (κ2) is 6.50. The third kappa shape index (κ3) is 5.17. The van der Waals surface area contributed by atoms with Crippen molar-refractivity contribution in [3.8, 4) is 0 Å². The van der Waals surface area contributed by atoms with Crippen LogP contribution in [0.2, 0.25) is 0 Å². The van der Waals surface area contributed by atoms with Gasteiger partial charge in [-0.3, -0.25) is 14.6 Å². The number of carbonyl (C=O) groups is 2. The molecule has 104 valence electrons. The highest BCUT2D eigenvalue weighted by atomic mass is 16.4. The molecule has 0 saturated carbocycles. The molecule has 9 nitrogen and oxygen atoms in total. The Balaban J connectivity index is 2.45. The van der Waals surface area contributed by atoms with Gasteiger partial charge in [0.25, 0.3) is 5.56 Å². The normalized spacial score (nSPS) is 11.8. The lowest BCUT2D eigenvalue weighted by Crippen LogP contribution is -2.32. The Hall–Kier alpha value is -2.42. The van der Waals surface area contributed by atoms with Crippen molar-refractivity contribution in [2.24, 2.45) is 0 Å². The average Bonchev–Trinajstić information content (AvgIpc) is 2.26. The number of aromatic nitrogens is 2. The predicted molar refractivity (Wildman–Crippen MR) is 62.7 cm³/mol. The Morgan fingerprint density at radius 1 is 1.32 bits per heavy atom. The summed E-state index contributed by atoms with van der Waals surface area (Å²) in [5.74, 6) is -1.87. The highest BCUT2D eigenvalue weighted by molar-refractivity contribution is 5.78. The molecule has 0 aliphatic rings. The zero-order valence-electron chi connectivity index (χ0n) is 9.80. The zero-order valence-corrected chi connectivity index (χ0v) is 9.80. The molecular formula is C10H13N3O6. The van der Waals surface area contributed by atoms with Gasteiger partial charge in [0.15, 0.2) is 6.10 Å². The third-order valence-corrected chi connectivity index (χ3v) is 2.19. The van der Waals surface area contributed by atoms with Gasteiger partial charge in [-0.05, 0) is 0 Å². The fourth-order valence-electron chi connectivity index (χ4n) is 1.32. The molecule has 19 heavy (non-hydrogen) atoms. The molecule has 1 rings (SSSR count). The van der Waals surface area contributed by atoms with E-state index in [1.807, 2.05) is 4.98 Å². The molecule has 1 aromatic rings. The van der Waals surface area contributed by atoms with Gasteiger partial charge in [-0.1, -0.05) is 0 Å². The second-order valence-electron chi connectivity index (χ2n) is 3.78. The van der Waals surface area contributed by atoms with E-state index in [4.69, 9.17) is 10.2 Å². The molecule has 0 bridgehead atoms. The number of carboxylic acid groups (broad SMARTS) is 1. The fraction of sp³-hybridized carbons (Fsp3) is 0.400. The van der Waals surface area contributed by atoms with E-state index >= 15 is 0 Å². The molecule has 0 aliphatic carbocycles. The van der Waals surface area contributed by atoms with Gasteiger partial charge in [-0.15, -0.1) is 0 Å². The summed E-state index contributed by atoms with van der Waals surface area (Å²) in [6.45, 7) is -0.0281. The minimum Gasteiger partial charge on any atom is -0.479 e. The van der Waals surface area contributed by atoms with E-state index in [2.05, 4.69) is 10.3 Å². The van der Waals surface area contributed by atoms with Gasteiger partial charge < -0.3 is 20.5 Å². The number of hydrogen-bond donors (Lipinski definition) is 5. The van der Waals surface area contributed by atoms with E-state index < -0.39 is 29.2 Å². The largest absolute Gasteiger partial charge is 0.479 e. The van der Waals surface area contributed by atoms with Crippen LogP contribution in [0.25, 0.3) is 0 Å².